The van der Waals surface area contributed by atoms with Gasteiger partial charge in [0.2, 0.25) is 5.43 Å². The Morgan fingerprint density at radius 2 is 2.00 bits per heavy atom. The Morgan fingerprint density at radius 1 is 1.30 bits per heavy atom. The van der Waals surface area contributed by atoms with Gasteiger partial charge in [-0.3, -0.25) is 4.79 Å². The summed E-state index contributed by atoms with van der Waals surface area (Å²) in [6.45, 7) is 7.03. The van der Waals surface area contributed by atoms with E-state index in [4.69, 9.17) is 5.11 Å². The lowest BCUT2D eigenvalue weighted by atomic mass is 10.1. The molecule has 30 heavy (non-hydrogen) atoms. The van der Waals surface area contributed by atoms with Gasteiger partial charge in [-0.2, -0.15) is 0 Å². The zero-order chi connectivity index (χ0) is 22.2. The maximum Gasteiger partial charge on any atom is 0.511 e. The van der Waals surface area contributed by atoms with Gasteiger partial charge in [0, 0.05) is 25.7 Å². The van der Waals surface area contributed by atoms with Gasteiger partial charge in [0.25, 0.3) is 0 Å². The number of pyridine rings is 1. The quantitative estimate of drug-likeness (QED) is 0.544. The summed E-state index contributed by atoms with van der Waals surface area (Å²) >= 11 is 0. The molecule has 0 amide bonds. The van der Waals surface area contributed by atoms with Gasteiger partial charge in [0.05, 0.1) is 17.1 Å². The van der Waals surface area contributed by atoms with Crippen LogP contribution in [0.3, 0.4) is 0 Å². The number of benzene rings is 1. The summed E-state index contributed by atoms with van der Waals surface area (Å²) in [5.41, 5.74) is -2.15. The molecule has 1 fully saturated rings. The van der Waals surface area contributed by atoms with E-state index in [1.807, 2.05) is 13.8 Å². The van der Waals surface area contributed by atoms with Gasteiger partial charge in [-0.15, -0.1) is 0 Å². The van der Waals surface area contributed by atoms with Gasteiger partial charge in [-0.25, -0.2) is 18.0 Å². The second kappa shape index (κ2) is 8.55. The average molecular weight is 427 g/mol. The molecule has 1 aromatic carbocycles. The number of ether oxygens (including phenoxy) is 1. The van der Waals surface area contributed by atoms with Crippen LogP contribution in [-0.2, 0) is 6.54 Å². The molecule has 1 aromatic heterocycles. The zero-order valence-electron chi connectivity index (χ0n) is 17.0. The number of nitrogens with one attached hydrogen (secondary N) is 1. The van der Waals surface area contributed by atoms with Gasteiger partial charge in [0.1, 0.15) is 5.69 Å². The Hall–Kier alpha value is -2.75. The molecule has 3 rings (SSSR count). The highest BCUT2D eigenvalue weighted by molar-refractivity contribution is 5.86. The van der Waals surface area contributed by atoms with Crippen LogP contribution in [0.25, 0.3) is 10.9 Å². The maximum absolute atomic E-state index is 15.4. The van der Waals surface area contributed by atoms with E-state index in [9.17, 15) is 18.4 Å². The first-order valence-electron chi connectivity index (χ1n) is 9.78. The predicted octanol–water partition coefficient (Wildman–Crippen LogP) is 3.32. The van der Waals surface area contributed by atoms with Gasteiger partial charge in [-0.05, 0) is 25.8 Å². The summed E-state index contributed by atoms with van der Waals surface area (Å²) in [5.74, 6) is -4.62. The smallest absolute Gasteiger partial charge is 0.449 e. The fourth-order valence-corrected chi connectivity index (χ4v) is 3.80. The van der Waals surface area contributed by atoms with Crippen molar-refractivity contribution in [3.8, 4) is 5.75 Å². The van der Waals surface area contributed by atoms with Crippen molar-refractivity contribution in [3.63, 3.8) is 0 Å². The number of halogens is 3. The van der Waals surface area contributed by atoms with E-state index < -0.39 is 51.4 Å². The molecular formula is C20H24F3N3O4. The molecule has 0 radical (unpaired) electrons. The monoisotopic (exact) mass is 427 g/mol. The van der Waals surface area contributed by atoms with Crippen LogP contribution in [0.2, 0.25) is 0 Å². The molecule has 0 spiro atoms. The van der Waals surface area contributed by atoms with Crippen molar-refractivity contribution in [1.29, 1.82) is 0 Å². The van der Waals surface area contributed by atoms with Gasteiger partial charge >= 0.3 is 6.16 Å². The lowest BCUT2D eigenvalue weighted by Gasteiger charge is -2.23. The standard InChI is InChI=1S/C20H24F3N3O4/c1-4-25-9-12(30-20(28)29)19(27)13-14(21)15(22)18(16(23)17(13)25)26-6-5-11(8-26)7-24-10(2)3/h9-11,24H,4-8H2,1-3H3,(H,28,29). The number of hydrogen-bond acceptors (Lipinski definition) is 5. The number of carboxylic acid groups (broad SMARTS) is 1. The highest BCUT2D eigenvalue weighted by Gasteiger charge is 2.32. The molecule has 164 valence electrons. The first-order valence-corrected chi connectivity index (χ1v) is 9.78. The van der Waals surface area contributed by atoms with E-state index in [0.29, 0.717) is 26.1 Å². The third-order valence-corrected chi connectivity index (χ3v) is 5.24. The Labute approximate surface area is 171 Å². The summed E-state index contributed by atoms with van der Waals surface area (Å²) in [4.78, 5) is 24.8. The SMILES string of the molecule is CCn1cc(OC(=O)O)c(=O)c2c(F)c(F)c(N3CCC(CNC(C)C)C3)c(F)c21. The first-order chi connectivity index (χ1) is 14.1. The normalized spacial score (nSPS) is 16.6. The minimum atomic E-state index is -1.79. The number of nitrogens with zero attached hydrogens (tertiary/aromatic N) is 2. The molecule has 1 unspecified atom stereocenters. The van der Waals surface area contributed by atoms with Gasteiger partial charge in [-0.1, -0.05) is 13.8 Å². The summed E-state index contributed by atoms with van der Waals surface area (Å²) in [6.07, 6.45) is -0.114. The third kappa shape index (κ3) is 3.96. The summed E-state index contributed by atoms with van der Waals surface area (Å²) in [7, 11) is 0. The van der Waals surface area contributed by atoms with E-state index in [0.717, 1.165) is 10.8 Å². The number of carbonyl (C=O) groups is 1. The molecule has 1 aliphatic rings. The van der Waals surface area contributed by atoms with Crippen LogP contribution in [-0.4, -0.2) is 41.5 Å². The molecule has 0 aliphatic carbocycles. The largest absolute Gasteiger partial charge is 0.511 e. The van der Waals surface area contributed by atoms with E-state index in [1.54, 1.807) is 6.92 Å². The van der Waals surface area contributed by atoms with Gasteiger partial charge < -0.3 is 24.6 Å². The molecular weight excluding hydrogens is 403 g/mol. The molecule has 0 saturated carbocycles. The molecule has 0 bridgehead atoms. The van der Waals surface area contributed by atoms with Crippen LogP contribution in [0.15, 0.2) is 11.0 Å². The number of aromatic nitrogens is 1. The van der Waals surface area contributed by atoms with Crippen LogP contribution in [0.1, 0.15) is 27.2 Å². The molecule has 10 heteroatoms. The van der Waals surface area contributed by atoms with Crippen molar-refractivity contribution in [3.05, 3.63) is 33.9 Å². The van der Waals surface area contributed by atoms with E-state index in [2.05, 4.69) is 10.1 Å². The van der Waals surface area contributed by atoms with Crippen molar-refractivity contribution >= 4 is 22.7 Å². The first kappa shape index (κ1) is 21.9. The number of aryl methyl sites for hydroxylation is 1. The van der Waals surface area contributed by atoms with Crippen molar-refractivity contribution in [2.45, 2.75) is 39.8 Å². The Morgan fingerprint density at radius 3 is 2.60 bits per heavy atom. The molecule has 1 atom stereocenters. The van der Waals surface area contributed by atoms with Crippen LogP contribution < -0.4 is 20.4 Å². The fourth-order valence-electron chi connectivity index (χ4n) is 3.80. The molecule has 2 N–H and O–H groups in total. The van der Waals surface area contributed by atoms with Crippen LogP contribution in [0.4, 0.5) is 23.7 Å². The van der Waals surface area contributed by atoms with Crippen LogP contribution >= 0.6 is 0 Å². The van der Waals surface area contributed by atoms with Gasteiger partial charge in [0.15, 0.2) is 23.2 Å². The molecule has 2 aromatic rings. The minimum absolute atomic E-state index is 0.0785. The predicted molar refractivity (Wildman–Crippen MR) is 106 cm³/mol. The van der Waals surface area contributed by atoms with Crippen molar-refractivity contribution in [1.82, 2.24) is 9.88 Å². The summed E-state index contributed by atoms with van der Waals surface area (Å²) in [6, 6.07) is 0.270. The lowest BCUT2D eigenvalue weighted by Crippen LogP contribution is -2.31. The summed E-state index contributed by atoms with van der Waals surface area (Å²) in [5, 5.41) is 11.2. The summed E-state index contributed by atoms with van der Waals surface area (Å²) < 4.78 is 50.8. The minimum Gasteiger partial charge on any atom is -0.449 e. The van der Waals surface area contributed by atoms with Crippen LogP contribution in [0.5, 0.6) is 5.75 Å². The Kier molecular flexibility index (Phi) is 6.25. The number of anilines is 1. The lowest BCUT2D eigenvalue weighted by molar-refractivity contribution is 0.143. The molecule has 7 nitrogen and oxygen atoms in total. The number of rotatable bonds is 6. The van der Waals surface area contributed by atoms with E-state index >= 15 is 4.39 Å². The third-order valence-electron chi connectivity index (χ3n) is 5.24. The topological polar surface area (TPSA) is 83.8 Å². The van der Waals surface area contributed by atoms with Crippen molar-refractivity contribution in [2.75, 3.05) is 24.5 Å². The van der Waals surface area contributed by atoms with E-state index in [1.165, 1.54) is 4.90 Å². The Balaban J connectivity index is 2.13. The molecule has 1 saturated heterocycles. The number of fused-ring (bicyclic) bond motifs is 1. The maximum atomic E-state index is 15.4. The van der Waals surface area contributed by atoms with E-state index in [-0.39, 0.29) is 18.5 Å². The molecule has 1 aliphatic heterocycles. The van der Waals surface area contributed by atoms with Crippen molar-refractivity contribution in [2.24, 2.45) is 5.92 Å². The second-order valence-electron chi connectivity index (χ2n) is 7.65. The highest BCUT2D eigenvalue weighted by atomic mass is 19.2. The van der Waals surface area contributed by atoms with Crippen LogP contribution in [0, 0.1) is 23.4 Å². The second-order valence-corrected chi connectivity index (χ2v) is 7.65. The zero-order valence-corrected chi connectivity index (χ0v) is 17.0. The highest BCUT2D eigenvalue weighted by Crippen LogP contribution is 2.35. The van der Waals surface area contributed by atoms with Crippen molar-refractivity contribution < 1.29 is 27.8 Å². The molecule has 2 heterocycles. The fraction of sp³-hybridized carbons (Fsp3) is 0.500. The number of hydrogen-bond donors (Lipinski definition) is 2. The average Bonchev–Trinajstić information content (AvgIpc) is 3.14. The Bertz CT molecular complexity index is 1040.